The number of benzene rings is 1. The zero-order valence-electron chi connectivity index (χ0n) is 18.0. The van der Waals surface area contributed by atoms with E-state index in [9.17, 15) is 13.2 Å². The van der Waals surface area contributed by atoms with E-state index in [1.807, 2.05) is 13.8 Å². The molecular weight excluding hydrogens is 468 g/mol. The van der Waals surface area contributed by atoms with Gasteiger partial charge in [-0.2, -0.15) is 4.31 Å². The van der Waals surface area contributed by atoms with Crippen LogP contribution in [0.25, 0.3) is 10.2 Å². The number of aromatic nitrogens is 2. The molecule has 32 heavy (non-hydrogen) atoms. The maximum absolute atomic E-state index is 13.1. The maximum atomic E-state index is 13.1. The molecule has 1 aliphatic heterocycles. The Hall–Kier alpha value is -2.05. The van der Waals surface area contributed by atoms with Gasteiger partial charge in [0.15, 0.2) is 0 Å². The van der Waals surface area contributed by atoms with E-state index in [1.165, 1.54) is 33.3 Å². The van der Waals surface area contributed by atoms with Gasteiger partial charge in [0.1, 0.15) is 16.2 Å². The summed E-state index contributed by atoms with van der Waals surface area (Å²) >= 11 is 2.96. The van der Waals surface area contributed by atoms with Crippen LogP contribution in [-0.2, 0) is 19.6 Å². The SMILES string of the molecule is Cc1ccc(NC(=O)CSc2ncnc3sc(C)c(C)c23)cc1S(=O)(=O)N1CCOCC1. The number of anilines is 1. The molecule has 3 heterocycles. The van der Waals surface area contributed by atoms with Gasteiger partial charge in [0.05, 0.1) is 23.9 Å². The highest BCUT2D eigenvalue weighted by Crippen LogP contribution is 2.34. The van der Waals surface area contributed by atoms with E-state index in [0.717, 1.165) is 20.8 Å². The highest BCUT2D eigenvalue weighted by molar-refractivity contribution is 8.00. The highest BCUT2D eigenvalue weighted by atomic mass is 32.2. The quantitative estimate of drug-likeness (QED) is 0.416. The first-order valence-electron chi connectivity index (χ1n) is 10.1. The highest BCUT2D eigenvalue weighted by Gasteiger charge is 2.28. The van der Waals surface area contributed by atoms with Crippen molar-refractivity contribution in [3.8, 4) is 0 Å². The van der Waals surface area contributed by atoms with E-state index in [2.05, 4.69) is 15.3 Å². The van der Waals surface area contributed by atoms with Gasteiger partial charge >= 0.3 is 0 Å². The van der Waals surface area contributed by atoms with Crippen molar-refractivity contribution >= 4 is 54.9 Å². The van der Waals surface area contributed by atoms with Crippen LogP contribution in [0, 0.1) is 20.8 Å². The van der Waals surface area contributed by atoms with Gasteiger partial charge in [-0.3, -0.25) is 4.79 Å². The van der Waals surface area contributed by atoms with E-state index < -0.39 is 10.0 Å². The molecule has 0 saturated carbocycles. The first kappa shape index (κ1) is 23.1. The molecule has 0 atom stereocenters. The number of ether oxygens (including phenoxy) is 1. The summed E-state index contributed by atoms with van der Waals surface area (Å²) in [7, 11) is -3.65. The summed E-state index contributed by atoms with van der Waals surface area (Å²) in [5.74, 6) is -0.0789. The lowest BCUT2D eigenvalue weighted by Crippen LogP contribution is -2.40. The van der Waals surface area contributed by atoms with Crippen LogP contribution in [0.15, 0.2) is 34.4 Å². The minimum Gasteiger partial charge on any atom is -0.379 e. The van der Waals surface area contributed by atoms with Crippen LogP contribution < -0.4 is 5.32 Å². The lowest BCUT2D eigenvalue weighted by Gasteiger charge is -2.26. The number of nitrogens with zero attached hydrogens (tertiary/aromatic N) is 3. The molecule has 1 amide bonds. The average Bonchev–Trinajstić information content (AvgIpc) is 3.08. The molecule has 1 N–H and O–H groups in total. The first-order valence-corrected chi connectivity index (χ1v) is 13.3. The summed E-state index contributed by atoms with van der Waals surface area (Å²) < 4.78 is 32.8. The normalized spacial score (nSPS) is 15.2. The third-order valence-corrected chi connectivity index (χ3v) is 9.48. The smallest absolute Gasteiger partial charge is 0.243 e. The van der Waals surface area contributed by atoms with Crippen LogP contribution in [0.3, 0.4) is 0 Å². The van der Waals surface area contributed by atoms with Gasteiger partial charge in [-0.1, -0.05) is 17.8 Å². The van der Waals surface area contributed by atoms with Crippen LogP contribution in [0.2, 0.25) is 0 Å². The fraction of sp³-hybridized carbons (Fsp3) is 0.381. The predicted molar refractivity (Wildman–Crippen MR) is 127 cm³/mol. The maximum Gasteiger partial charge on any atom is 0.243 e. The molecule has 1 saturated heterocycles. The molecule has 11 heteroatoms. The van der Waals surface area contributed by atoms with Crippen molar-refractivity contribution in [3.63, 3.8) is 0 Å². The molecule has 0 bridgehead atoms. The Labute approximate surface area is 195 Å². The van der Waals surface area contributed by atoms with Crippen molar-refractivity contribution in [2.24, 2.45) is 0 Å². The van der Waals surface area contributed by atoms with Gasteiger partial charge in [0.25, 0.3) is 0 Å². The van der Waals surface area contributed by atoms with Gasteiger partial charge < -0.3 is 10.1 Å². The first-order chi connectivity index (χ1) is 15.3. The Balaban J connectivity index is 1.48. The van der Waals surface area contributed by atoms with Crippen molar-refractivity contribution in [1.29, 1.82) is 0 Å². The Bertz CT molecular complexity index is 1270. The lowest BCUT2D eigenvalue weighted by molar-refractivity contribution is -0.113. The third kappa shape index (κ3) is 4.67. The topological polar surface area (TPSA) is 101 Å². The fourth-order valence-corrected chi connectivity index (χ4v) is 7.05. The number of thioether (sulfide) groups is 1. The zero-order valence-corrected chi connectivity index (χ0v) is 20.5. The lowest BCUT2D eigenvalue weighted by atomic mass is 10.2. The number of fused-ring (bicyclic) bond motifs is 1. The molecule has 8 nitrogen and oxygen atoms in total. The minimum atomic E-state index is -3.65. The molecule has 0 unspecified atom stereocenters. The van der Waals surface area contributed by atoms with Crippen molar-refractivity contribution in [1.82, 2.24) is 14.3 Å². The Morgan fingerprint density at radius 1 is 1.22 bits per heavy atom. The number of amides is 1. The summed E-state index contributed by atoms with van der Waals surface area (Å²) in [5, 5.41) is 4.57. The molecule has 0 aliphatic carbocycles. The van der Waals surface area contributed by atoms with E-state index in [0.29, 0.717) is 37.6 Å². The summed E-state index contributed by atoms with van der Waals surface area (Å²) in [6.07, 6.45) is 1.51. The number of nitrogens with one attached hydrogen (secondary N) is 1. The number of morpholine rings is 1. The van der Waals surface area contributed by atoms with Crippen LogP contribution >= 0.6 is 23.1 Å². The van der Waals surface area contributed by atoms with E-state index in [1.54, 1.807) is 30.4 Å². The molecule has 4 rings (SSSR count). The molecule has 0 radical (unpaired) electrons. The number of carbonyl (C=O) groups is 1. The van der Waals surface area contributed by atoms with Gasteiger partial charge in [0, 0.05) is 29.0 Å². The largest absolute Gasteiger partial charge is 0.379 e. The average molecular weight is 493 g/mol. The molecule has 1 aliphatic rings. The van der Waals surface area contributed by atoms with E-state index in [4.69, 9.17) is 4.74 Å². The van der Waals surface area contributed by atoms with Crippen molar-refractivity contribution < 1.29 is 17.9 Å². The molecule has 1 fully saturated rings. The second-order valence-corrected chi connectivity index (χ2v) is 11.5. The summed E-state index contributed by atoms with van der Waals surface area (Å²) in [6.45, 7) is 7.23. The van der Waals surface area contributed by atoms with Gasteiger partial charge in [-0.15, -0.1) is 11.3 Å². The second kappa shape index (κ2) is 9.44. The zero-order chi connectivity index (χ0) is 22.9. The number of aryl methyl sites for hydroxylation is 3. The molecule has 170 valence electrons. The molecule has 3 aromatic rings. The van der Waals surface area contributed by atoms with Crippen molar-refractivity contribution in [3.05, 3.63) is 40.5 Å². The monoisotopic (exact) mass is 492 g/mol. The van der Waals surface area contributed by atoms with Crippen LogP contribution in [-0.4, -0.2) is 60.7 Å². The van der Waals surface area contributed by atoms with E-state index >= 15 is 0 Å². The molecule has 2 aromatic heterocycles. The molecule has 0 spiro atoms. The standard InChI is InChI=1S/C21H24N4O4S3/c1-13-4-5-16(10-17(13)32(27,28)25-6-8-29-9-7-25)24-18(26)11-30-20-19-14(2)15(3)31-21(19)23-12-22-20/h4-5,10,12H,6-9,11H2,1-3H3,(H,24,26). The summed E-state index contributed by atoms with van der Waals surface area (Å²) in [6, 6.07) is 4.95. The van der Waals surface area contributed by atoms with Gasteiger partial charge in [-0.05, 0) is 44.0 Å². The number of rotatable bonds is 6. The summed E-state index contributed by atoms with van der Waals surface area (Å²) in [4.78, 5) is 23.6. The van der Waals surface area contributed by atoms with Crippen LogP contribution in [0.4, 0.5) is 5.69 Å². The van der Waals surface area contributed by atoms with E-state index in [-0.39, 0.29) is 16.6 Å². The third-order valence-electron chi connectivity index (χ3n) is 5.33. The minimum absolute atomic E-state index is 0.153. The molecule has 1 aromatic carbocycles. The van der Waals surface area contributed by atoms with Crippen LogP contribution in [0.5, 0.6) is 0 Å². The number of hydrogen-bond donors (Lipinski definition) is 1. The Morgan fingerprint density at radius 3 is 2.72 bits per heavy atom. The Kier molecular flexibility index (Phi) is 6.82. The van der Waals surface area contributed by atoms with Crippen LogP contribution in [0.1, 0.15) is 16.0 Å². The number of hydrogen-bond acceptors (Lipinski definition) is 8. The molecular formula is C21H24N4O4S3. The van der Waals surface area contributed by atoms with Gasteiger partial charge in [0.2, 0.25) is 15.9 Å². The Morgan fingerprint density at radius 2 is 1.97 bits per heavy atom. The predicted octanol–water partition coefficient (Wildman–Crippen LogP) is 3.37. The second-order valence-electron chi connectivity index (χ2n) is 7.48. The number of carbonyl (C=O) groups excluding carboxylic acids is 1. The summed E-state index contributed by atoms with van der Waals surface area (Å²) in [5.41, 5.74) is 2.21. The fourth-order valence-electron chi connectivity index (χ4n) is 3.47. The van der Waals surface area contributed by atoms with Crippen molar-refractivity contribution in [2.75, 3.05) is 37.4 Å². The number of sulfonamides is 1. The van der Waals surface area contributed by atoms with Crippen molar-refractivity contribution in [2.45, 2.75) is 30.7 Å². The van der Waals surface area contributed by atoms with Gasteiger partial charge in [-0.25, -0.2) is 18.4 Å². The number of thiophene rings is 1.